The van der Waals surface area contributed by atoms with Crippen molar-refractivity contribution in [1.82, 2.24) is 10.6 Å². The van der Waals surface area contributed by atoms with Gasteiger partial charge in [-0.05, 0) is 57.5 Å². The van der Waals surface area contributed by atoms with Gasteiger partial charge in [-0.2, -0.15) is 0 Å². The molecule has 0 unspecified atom stereocenters. The van der Waals surface area contributed by atoms with Gasteiger partial charge in [-0.25, -0.2) is 4.79 Å². The second kappa shape index (κ2) is 7.88. The van der Waals surface area contributed by atoms with Crippen LogP contribution in [0.1, 0.15) is 55.4 Å². The Kier molecular flexibility index (Phi) is 5.85. The number of hydrogen-bond donors (Lipinski definition) is 2. The van der Waals surface area contributed by atoms with Crippen molar-refractivity contribution in [3.05, 3.63) is 59.5 Å². The largest absolute Gasteiger partial charge is 0.467 e. The van der Waals surface area contributed by atoms with Crippen LogP contribution in [0.5, 0.6) is 0 Å². The normalized spacial score (nSPS) is 12.3. The molecule has 2 N–H and O–H groups in total. The predicted octanol–water partition coefficient (Wildman–Crippen LogP) is 3.80. The van der Waals surface area contributed by atoms with Gasteiger partial charge >= 0.3 is 6.09 Å². The summed E-state index contributed by atoms with van der Waals surface area (Å²) in [6.45, 7) is 7.62. The molecular formula is C19H24N2O4. The minimum Gasteiger partial charge on any atom is -0.467 e. The summed E-state index contributed by atoms with van der Waals surface area (Å²) in [4.78, 5) is 23.9. The lowest BCUT2D eigenvalue weighted by atomic mass is 10.1. The van der Waals surface area contributed by atoms with Crippen LogP contribution in [0.25, 0.3) is 0 Å². The molecule has 0 aliphatic rings. The molecule has 0 aliphatic heterocycles. The fourth-order valence-electron chi connectivity index (χ4n) is 2.15. The first-order chi connectivity index (χ1) is 11.7. The van der Waals surface area contributed by atoms with Crippen molar-refractivity contribution >= 4 is 12.0 Å². The highest BCUT2D eigenvalue weighted by atomic mass is 16.6. The quantitative estimate of drug-likeness (QED) is 0.864. The number of carbonyl (C=O) groups excluding carboxylic acids is 2. The minimum absolute atomic E-state index is 0.185. The van der Waals surface area contributed by atoms with Crippen LogP contribution in [-0.4, -0.2) is 17.6 Å². The Bertz CT molecular complexity index is 700. The average Bonchev–Trinajstić information content (AvgIpc) is 3.06. The lowest BCUT2D eigenvalue weighted by molar-refractivity contribution is 0.0523. The molecule has 0 fully saturated rings. The SMILES string of the molecule is C[C@H](NC(=O)c1ccc(CNC(=O)OC(C)(C)C)cc1)c1ccco1. The number of ether oxygens (including phenoxy) is 1. The maximum absolute atomic E-state index is 12.2. The van der Waals surface area contributed by atoms with Crippen molar-refractivity contribution in [2.45, 2.75) is 45.9 Å². The molecule has 134 valence electrons. The van der Waals surface area contributed by atoms with Gasteiger partial charge in [0, 0.05) is 12.1 Å². The summed E-state index contributed by atoms with van der Waals surface area (Å²) >= 11 is 0. The lowest BCUT2D eigenvalue weighted by Crippen LogP contribution is -2.32. The van der Waals surface area contributed by atoms with Crippen LogP contribution in [-0.2, 0) is 11.3 Å². The third kappa shape index (κ3) is 5.99. The van der Waals surface area contributed by atoms with Gasteiger partial charge in [0.15, 0.2) is 0 Å². The number of benzene rings is 1. The van der Waals surface area contributed by atoms with Crippen molar-refractivity contribution in [2.75, 3.05) is 0 Å². The van der Waals surface area contributed by atoms with Gasteiger partial charge < -0.3 is 19.8 Å². The predicted molar refractivity (Wildman–Crippen MR) is 94.1 cm³/mol. The van der Waals surface area contributed by atoms with E-state index in [1.54, 1.807) is 36.6 Å². The first kappa shape index (κ1) is 18.6. The number of hydrogen-bond acceptors (Lipinski definition) is 4. The van der Waals surface area contributed by atoms with Gasteiger partial charge in [0.1, 0.15) is 11.4 Å². The Morgan fingerprint density at radius 2 is 1.84 bits per heavy atom. The monoisotopic (exact) mass is 344 g/mol. The Hall–Kier alpha value is -2.76. The third-order valence-corrected chi connectivity index (χ3v) is 3.37. The fraction of sp³-hybridized carbons (Fsp3) is 0.368. The first-order valence-corrected chi connectivity index (χ1v) is 8.14. The minimum atomic E-state index is -0.531. The molecule has 2 amide bonds. The van der Waals surface area contributed by atoms with Gasteiger partial charge in [-0.15, -0.1) is 0 Å². The molecule has 0 saturated heterocycles. The fourth-order valence-corrected chi connectivity index (χ4v) is 2.15. The van der Waals surface area contributed by atoms with Gasteiger partial charge in [0.05, 0.1) is 12.3 Å². The van der Waals surface area contributed by atoms with Gasteiger partial charge in [0.25, 0.3) is 5.91 Å². The summed E-state index contributed by atoms with van der Waals surface area (Å²) in [6, 6.07) is 10.4. The molecule has 1 aromatic carbocycles. The van der Waals surface area contributed by atoms with E-state index in [0.717, 1.165) is 5.56 Å². The molecule has 0 aliphatic carbocycles. The van der Waals surface area contributed by atoms with Crippen LogP contribution in [0.2, 0.25) is 0 Å². The van der Waals surface area contributed by atoms with Gasteiger partial charge in [-0.3, -0.25) is 4.79 Å². The van der Waals surface area contributed by atoms with E-state index in [1.807, 2.05) is 33.8 Å². The van der Waals surface area contributed by atoms with Gasteiger partial charge in [0.2, 0.25) is 0 Å². The van der Waals surface area contributed by atoms with E-state index in [2.05, 4.69) is 10.6 Å². The van der Waals surface area contributed by atoms with E-state index in [4.69, 9.17) is 9.15 Å². The van der Waals surface area contributed by atoms with Crippen LogP contribution >= 0.6 is 0 Å². The van der Waals surface area contributed by atoms with Crippen LogP contribution in [0, 0.1) is 0 Å². The maximum atomic E-state index is 12.2. The summed E-state index contributed by atoms with van der Waals surface area (Å²) < 4.78 is 10.5. The number of furan rings is 1. The highest BCUT2D eigenvalue weighted by Crippen LogP contribution is 2.14. The number of amides is 2. The molecule has 1 atom stereocenters. The third-order valence-electron chi connectivity index (χ3n) is 3.37. The molecule has 25 heavy (non-hydrogen) atoms. The van der Waals surface area contributed by atoms with Crippen molar-refractivity contribution in [2.24, 2.45) is 0 Å². The second-order valence-corrected chi connectivity index (χ2v) is 6.76. The van der Waals surface area contributed by atoms with Crippen molar-refractivity contribution in [3.63, 3.8) is 0 Å². The number of nitrogens with one attached hydrogen (secondary N) is 2. The van der Waals surface area contributed by atoms with Crippen molar-refractivity contribution in [3.8, 4) is 0 Å². The van der Waals surface area contributed by atoms with E-state index < -0.39 is 11.7 Å². The molecule has 6 nitrogen and oxygen atoms in total. The topological polar surface area (TPSA) is 80.6 Å². The lowest BCUT2D eigenvalue weighted by Gasteiger charge is -2.19. The van der Waals surface area contributed by atoms with Crippen molar-refractivity contribution < 1.29 is 18.7 Å². The number of alkyl carbamates (subject to hydrolysis) is 1. The van der Waals surface area contributed by atoms with Crippen LogP contribution < -0.4 is 10.6 Å². The molecule has 1 aromatic heterocycles. The Morgan fingerprint density at radius 1 is 1.16 bits per heavy atom. The maximum Gasteiger partial charge on any atom is 0.407 e. The van der Waals surface area contributed by atoms with E-state index >= 15 is 0 Å². The van der Waals surface area contributed by atoms with Crippen LogP contribution in [0.15, 0.2) is 47.1 Å². The molecule has 1 heterocycles. The Labute approximate surface area is 147 Å². The molecule has 2 aromatic rings. The zero-order valence-electron chi connectivity index (χ0n) is 15.0. The zero-order chi connectivity index (χ0) is 18.4. The second-order valence-electron chi connectivity index (χ2n) is 6.76. The molecule has 2 rings (SSSR count). The summed E-state index contributed by atoms with van der Waals surface area (Å²) in [6.07, 6.45) is 1.10. The summed E-state index contributed by atoms with van der Waals surface area (Å²) in [5, 5.41) is 5.55. The standard InChI is InChI=1S/C19H24N2O4/c1-13(16-6-5-11-24-16)21-17(22)15-9-7-14(8-10-15)12-20-18(23)25-19(2,3)4/h5-11,13H,12H2,1-4H3,(H,20,23)(H,21,22)/t13-/m0/s1. The smallest absolute Gasteiger partial charge is 0.407 e. The van der Waals surface area contributed by atoms with Crippen LogP contribution in [0.3, 0.4) is 0 Å². The van der Waals surface area contributed by atoms with E-state index in [0.29, 0.717) is 17.9 Å². The Morgan fingerprint density at radius 3 is 2.40 bits per heavy atom. The van der Waals surface area contributed by atoms with Crippen molar-refractivity contribution in [1.29, 1.82) is 0 Å². The summed E-state index contributed by atoms with van der Waals surface area (Å²) in [5.41, 5.74) is 0.886. The van der Waals surface area contributed by atoms with Gasteiger partial charge in [-0.1, -0.05) is 12.1 Å². The molecule has 6 heteroatoms. The number of rotatable bonds is 5. The molecule has 0 saturated carbocycles. The Balaban J connectivity index is 1.86. The highest BCUT2D eigenvalue weighted by molar-refractivity contribution is 5.94. The highest BCUT2D eigenvalue weighted by Gasteiger charge is 2.16. The summed E-state index contributed by atoms with van der Waals surface area (Å²) in [7, 11) is 0. The molecule has 0 radical (unpaired) electrons. The molecule has 0 spiro atoms. The van der Waals surface area contributed by atoms with Crippen LogP contribution in [0.4, 0.5) is 4.79 Å². The van der Waals surface area contributed by atoms with E-state index in [1.165, 1.54) is 0 Å². The van der Waals surface area contributed by atoms with E-state index in [-0.39, 0.29) is 11.9 Å². The number of carbonyl (C=O) groups is 2. The van der Waals surface area contributed by atoms with E-state index in [9.17, 15) is 9.59 Å². The first-order valence-electron chi connectivity index (χ1n) is 8.14. The molecular weight excluding hydrogens is 320 g/mol. The zero-order valence-corrected chi connectivity index (χ0v) is 15.0. The summed E-state index contributed by atoms with van der Waals surface area (Å²) in [5.74, 6) is 0.516. The average molecular weight is 344 g/mol. The molecule has 0 bridgehead atoms.